The molecule has 1 N–H and O–H groups in total. The van der Waals surface area contributed by atoms with Crippen LogP contribution in [-0.4, -0.2) is 93.0 Å². The van der Waals surface area contributed by atoms with Gasteiger partial charge in [-0.3, -0.25) is 19.2 Å². The molecule has 3 aliphatic rings. The molecule has 2 aromatic rings. The van der Waals surface area contributed by atoms with Crippen LogP contribution in [0, 0.1) is 17.3 Å². The summed E-state index contributed by atoms with van der Waals surface area (Å²) in [5, 5.41) is 11.0. The van der Waals surface area contributed by atoms with Crippen molar-refractivity contribution in [2.45, 2.75) is 115 Å². The van der Waals surface area contributed by atoms with Crippen molar-refractivity contribution < 1.29 is 33.8 Å². The summed E-state index contributed by atoms with van der Waals surface area (Å²) in [5.74, 6) is -3.48. The van der Waals surface area contributed by atoms with Crippen LogP contribution in [-0.2, 0) is 28.7 Å². The molecule has 3 saturated heterocycles. The van der Waals surface area contributed by atoms with E-state index in [1.807, 2.05) is 81.4 Å². The molecule has 10 heteroatoms. The fraction of sp³-hybridized carbons (Fsp3) is 0.545. The number of carbonyl (C=O) groups excluding carboxylic acids is 4. The van der Waals surface area contributed by atoms with E-state index in [0.717, 1.165) is 0 Å². The Morgan fingerprint density at radius 2 is 1.63 bits per heavy atom. The van der Waals surface area contributed by atoms with Crippen molar-refractivity contribution in [1.29, 1.82) is 0 Å². The van der Waals surface area contributed by atoms with E-state index in [2.05, 4.69) is 33.9 Å². The van der Waals surface area contributed by atoms with Crippen molar-refractivity contribution in [3.8, 4) is 0 Å². The fourth-order valence-corrected chi connectivity index (χ4v) is 9.43. The number of benzene rings is 2. The fourth-order valence-electron chi connectivity index (χ4n) is 9.43. The van der Waals surface area contributed by atoms with Crippen LogP contribution in [0.1, 0.15) is 96.9 Å². The second kappa shape index (κ2) is 16.2. The number of likely N-dealkylation sites (tertiary alicyclic amines) is 1. The summed E-state index contributed by atoms with van der Waals surface area (Å²) < 4.78 is 13.2. The van der Waals surface area contributed by atoms with Gasteiger partial charge in [0.1, 0.15) is 17.7 Å². The third kappa shape index (κ3) is 7.78. The number of hydrogen-bond acceptors (Lipinski definition) is 7. The molecule has 3 aliphatic heterocycles. The van der Waals surface area contributed by atoms with E-state index in [4.69, 9.17) is 9.47 Å². The number of hydrogen-bond donors (Lipinski definition) is 1. The molecular formula is C44H59N3O7. The molecule has 292 valence electrons. The molecule has 0 aromatic heterocycles. The van der Waals surface area contributed by atoms with E-state index in [1.165, 1.54) is 4.90 Å². The number of carbonyl (C=O) groups is 4. The normalized spacial score (nSPS) is 25.0. The lowest BCUT2D eigenvalue weighted by Gasteiger charge is -2.46. The smallest absolute Gasteiger partial charge is 0.313 e. The van der Waals surface area contributed by atoms with Crippen LogP contribution in [0.4, 0.5) is 0 Å². The van der Waals surface area contributed by atoms with Crippen molar-refractivity contribution in [2.24, 2.45) is 17.3 Å². The Balaban J connectivity index is 1.57. The van der Waals surface area contributed by atoms with Gasteiger partial charge in [-0.15, -0.1) is 13.2 Å². The maximum atomic E-state index is 15.3. The van der Waals surface area contributed by atoms with Crippen molar-refractivity contribution in [3.05, 3.63) is 97.1 Å². The van der Waals surface area contributed by atoms with E-state index in [1.54, 1.807) is 29.0 Å². The highest BCUT2D eigenvalue weighted by molar-refractivity contribution is 5.98. The van der Waals surface area contributed by atoms with Crippen LogP contribution in [0.3, 0.4) is 0 Å². The van der Waals surface area contributed by atoms with Crippen molar-refractivity contribution in [1.82, 2.24) is 14.7 Å². The van der Waals surface area contributed by atoms with Gasteiger partial charge in [0.05, 0.1) is 36.6 Å². The number of esters is 1. The first-order chi connectivity index (χ1) is 25.5. The molecule has 3 amide bonds. The van der Waals surface area contributed by atoms with Crippen LogP contribution in [0.2, 0.25) is 0 Å². The molecule has 0 aliphatic carbocycles. The number of aliphatic hydroxyl groups is 1. The second-order valence-corrected chi connectivity index (χ2v) is 17.0. The molecule has 3 heterocycles. The molecule has 8 atom stereocenters. The average Bonchev–Trinajstić information content (AvgIpc) is 3.78. The van der Waals surface area contributed by atoms with Gasteiger partial charge in [-0.2, -0.15) is 0 Å². The van der Waals surface area contributed by atoms with E-state index in [0.29, 0.717) is 36.8 Å². The Morgan fingerprint density at radius 3 is 2.19 bits per heavy atom. The number of aliphatic hydroxyl groups excluding tert-OH is 1. The summed E-state index contributed by atoms with van der Waals surface area (Å²) in [5.41, 5.74) is -0.716. The van der Waals surface area contributed by atoms with Gasteiger partial charge in [0.25, 0.3) is 0 Å². The summed E-state index contributed by atoms with van der Waals surface area (Å²) in [6, 6.07) is 15.9. The van der Waals surface area contributed by atoms with Gasteiger partial charge in [0, 0.05) is 25.6 Å². The number of nitrogens with zero attached hydrogens (tertiary/aromatic N) is 3. The molecule has 10 nitrogen and oxygen atoms in total. The zero-order chi connectivity index (χ0) is 39.6. The molecule has 5 rings (SSSR count). The van der Waals surface area contributed by atoms with Gasteiger partial charge < -0.3 is 29.3 Å². The highest BCUT2D eigenvalue weighted by Gasteiger charge is 2.76. The lowest BCUT2D eigenvalue weighted by Crippen LogP contribution is -2.61. The first kappa shape index (κ1) is 40.9. The lowest BCUT2D eigenvalue weighted by molar-refractivity contribution is -0.165. The Morgan fingerprint density at radius 1 is 1.02 bits per heavy atom. The van der Waals surface area contributed by atoms with Crippen LogP contribution in [0.25, 0.3) is 0 Å². The SMILES string of the molecule is C=CCCC(=O)N(C)[C@H](C)[C@H](OC(=O)[C@@H]1[C@@H]2CC[C@]3(O2)[C@H](C(=O)N(CC=C)C(C)(C)CC(C)(C)C)N([C@H](CO)c2ccccc2)C(=O)[C@@H]13)c1ccccc1. The topological polar surface area (TPSA) is 117 Å². The number of amides is 3. The number of fused-ring (bicyclic) bond motifs is 1. The van der Waals surface area contributed by atoms with Crippen molar-refractivity contribution in [2.75, 3.05) is 20.2 Å². The van der Waals surface area contributed by atoms with Gasteiger partial charge in [-0.05, 0) is 63.0 Å². The highest BCUT2D eigenvalue weighted by atomic mass is 16.6. The lowest BCUT2D eigenvalue weighted by atomic mass is 9.70. The summed E-state index contributed by atoms with van der Waals surface area (Å²) in [7, 11) is 1.69. The van der Waals surface area contributed by atoms with Gasteiger partial charge >= 0.3 is 5.97 Å². The van der Waals surface area contributed by atoms with Gasteiger partial charge in [0.15, 0.2) is 0 Å². The molecular weight excluding hydrogens is 682 g/mol. The zero-order valence-corrected chi connectivity index (χ0v) is 33.1. The Bertz CT molecular complexity index is 1690. The molecule has 2 bridgehead atoms. The average molecular weight is 742 g/mol. The molecule has 1 spiro atoms. The van der Waals surface area contributed by atoms with Gasteiger partial charge in [-0.25, -0.2) is 0 Å². The minimum Gasteiger partial charge on any atom is -0.455 e. The predicted octanol–water partition coefficient (Wildman–Crippen LogP) is 6.42. The standard InChI is InChI=1S/C44H59N3O7/c1-10-12-23-34(49)45(9)29(3)37(31-21-17-14-18-22-31)53-41(52)35-33-24-25-44(54-33)36(35)39(50)47(32(27-48)30-19-15-13-16-20-30)38(44)40(51)46(26-11-2)43(7,8)28-42(4,5)6/h10-11,13-22,29,32-33,35-38,48H,1-2,12,23-28H2,3-9H3/t29-,32-,33+,35-,36-,37+,38+,44-/m1/s1. The third-order valence-electron chi connectivity index (χ3n) is 11.6. The van der Waals surface area contributed by atoms with E-state index in [9.17, 15) is 14.7 Å². The van der Waals surface area contributed by atoms with Gasteiger partial charge in [-0.1, -0.05) is 93.6 Å². The summed E-state index contributed by atoms with van der Waals surface area (Å²) >= 11 is 0. The molecule has 3 fully saturated rings. The molecule has 2 aromatic carbocycles. The Labute approximate surface area is 321 Å². The number of ether oxygens (including phenoxy) is 2. The van der Waals surface area contributed by atoms with Crippen molar-refractivity contribution in [3.63, 3.8) is 0 Å². The van der Waals surface area contributed by atoms with E-state index < -0.39 is 71.8 Å². The maximum absolute atomic E-state index is 15.3. The summed E-state index contributed by atoms with van der Waals surface area (Å²) in [4.78, 5) is 63.1. The van der Waals surface area contributed by atoms with Crippen LogP contribution >= 0.6 is 0 Å². The first-order valence-corrected chi connectivity index (χ1v) is 19.2. The number of rotatable bonds is 16. The summed E-state index contributed by atoms with van der Waals surface area (Å²) in [6.45, 7) is 19.8. The zero-order valence-electron chi connectivity index (χ0n) is 33.1. The molecule has 0 unspecified atom stereocenters. The van der Waals surface area contributed by atoms with Crippen LogP contribution < -0.4 is 0 Å². The van der Waals surface area contributed by atoms with Crippen LogP contribution in [0.5, 0.6) is 0 Å². The minimum absolute atomic E-state index is 0.112. The maximum Gasteiger partial charge on any atom is 0.313 e. The van der Waals surface area contributed by atoms with Gasteiger partial charge in [0.2, 0.25) is 17.7 Å². The monoisotopic (exact) mass is 741 g/mol. The third-order valence-corrected chi connectivity index (χ3v) is 11.6. The predicted molar refractivity (Wildman–Crippen MR) is 208 cm³/mol. The van der Waals surface area contributed by atoms with Crippen molar-refractivity contribution >= 4 is 23.7 Å². The highest BCUT2D eigenvalue weighted by Crippen LogP contribution is 2.60. The minimum atomic E-state index is -1.33. The van der Waals surface area contributed by atoms with E-state index >= 15 is 9.59 Å². The largest absolute Gasteiger partial charge is 0.455 e. The molecule has 0 saturated carbocycles. The first-order valence-electron chi connectivity index (χ1n) is 19.2. The quantitative estimate of drug-likeness (QED) is 0.156. The number of allylic oxidation sites excluding steroid dienone is 1. The summed E-state index contributed by atoms with van der Waals surface area (Å²) in [6.07, 6.45) is 4.19. The Hall–Kier alpha value is -4.28. The molecule has 54 heavy (non-hydrogen) atoms. The molecule has 0 radical (unpaired) electrons. The Kier molecular flexibility index (Phi) is 12.3. The second-order valence-electron chi connectivity index (χ2n) is 17.0. The van der Waals surface area contributed by atoms with Crippen LogP contribution in [0.15, 0.2) is 86.0 Å². The number of likely N-dealkylation sites (N-methyl/N-ethyl adjacent to an activating group) is 1. The van der Waals surface area contributed by atoms with E-state index in [-0.39, 0.29) is 30.2 Å².